The maximum atomic E-state index is 13.7. The molecule has 0 radical (unpaired) electrons. The van der Waals surface area contributed by atoms with Crippen molar-refractivity contribution in [1.29, 1.82) is 0 Å². The Morgan fingerprint density at radius 2 is 1.83 bits per heavy atom. The Morgan fingerprint density at radius 3 is 2.47 bits per heavy atom. The standard InChI is InChI=1S/C24H28F3NO2/c1-16-12-20(9-10-21(16)14-29)17(2)28-30-15-18-8-11-22(19-6-4-3-5-7-19)23(13-18)24(25,26)27/h8-13,19,29H,3-7,14-15H2,1-2H3/b28-17+. The summed E-state index contributed by atoms with van der Waals surface area (Å²) < 4.78 is 41.0. The van der Waals surface area contributed by atoms with Gasteiger partial charge < -0.3 is 9.94 Å². The van der Waals surface area contributed by atoms with Gasteiger partial charge in [0.2, 0.25) is 0 Å². The Kier molecular flexibility index (Phi) is 7.19. The zero-order chi connectivity index (χ0) is 21.7. The summed E-state index contributed by atoms with van der Waals surface area (Å²) in [5.41, 5.74) is 3.55. The minimum absolute atomic E-state index is 0.0178. The molecule has 162 valence electrons. The van der Waals surface area contributed by atoms with Crippen LogP contribution in [0, 0.1) is 6.92 Å². The second kappa shape index (κ2) is 9.65. The van der Waals surface area contributed by atoms with E-state index in [1.807, 2.05) is 25.1 Å². The van der Waals surface area contributed by atoms with Gasteiger partial charge in [-0.1, -0.05) is 48.7 Å². The number of aliphatic hydroxyl groups excluding tert-OH is 1. The van der Waals surface area contributed by atoms with E-state index in [4.69, 9.17) is 4.84 Å². The third kappa shape index (κ3) is 5.42. The molecule has 1 N–H and O–H groups in total. The summed E-state index contributed by atoms with van der Waals surface area (Å²) >= 11 is 0. The Morgan fingerprint density at radius 1 is 1.10 bits per heavy atom. The van der Waals surface area contributed by atoms with E-state index in [-0.39, 0.29) is 19.1 Å². The van der Waals surface area contributed by atoms with Crippen molar-refractivity contribution in [2.45, 2.75) is 71.3 Å². The van der Waals surface area contributed by atoms with Crippen LogP contribution in [-0.4, -0.2) is 10.8 Å². The monoisotopic (exact) mass is 419 g/mol. The molecule has 6 heteroatoms. The number of benzene rings is 2. The molecule has 2 aromatic rings. The average molecular weight is 419 g/mol. The van der Waals surface area contributed by atoms with Gasteiger partial charge in [-0.2, -0.15) is 13.2 Å². The van der Waals surface area contributed by atoms with Crippen molar-refractivity contribution in [3.63, 3.8) is 0 Å². The Balaban J connectivity index is 1.73. The van der Waals surface area contributed by atoms with Crippen LogP contribution in [0.25, 0.3) is 0 Å². The molecule has 2 aromatic carbocycles. The van der Waals surface area contributed by atoms with Crippen LogP contribution in [-0.2, 0) is 24.2 Å². The molecule has 3 rings (SSSR count). The zero-order valence-corrected chi connectivity index (χ0v) is 17.4. The van der Waals surface area contributed by atoms with Gasteiger partial charge >= 0.3 is 6.18 Å². The molecule has 0 saturated heterocycles. The van der Waals surface area contributed by atoms with Crippen molar-refractivity contribution in [1.82, 2.24) is 0 Å². The number of nitrogens with zero attached hydrogens (tertiary/aromatic N) is 1. The minimum atomic E-state index is -4.38. The van der Waals surface area contributed by atoms with Crippen molar-refractivity contribution < 1.29 is 23.1 Å². The lowest BCUT2D eigenvalue weighted by Crippen LogP contribution is -2.15. The Hall–Kier alpha value is -2.34. The molecule has 0 unspecified atom stereocenters. The molecule has 1 saturated carbocycles. The number of rotatable bonds is 6. The van der Waals surface area contributed by atoms with E-state index < -0.39 is 11.7 Å². The molecule has 0 aliphatic heterocycles. The summed E-state index contributed by atoms with van der Waals surface area (Å²) in [7, 11) is 0. The van der Waals surface area contributed by atoms with E-state index in [1.165, 1.54) is 6.07 Å². The fraction of sp³-hybridized carbons (Fsp3) is 0.458. The molecule has 30 heavy (non-hydrogen) atoms. The normalized spacial score (nSPS) is 16.0. The SMILES string of the molecule is C/C(=N\OCc1ccc(C2CCCCC2)c(C(F)(F)F)c1)c1ccc(CO)c(C)c1. The summed E-state index contributed by atoms with van der Waals surface area (Å²) in [5, 5.41) is 13.3. The van der Waals surface area contributed by atoms with E-state index in [0.29, 0.717) is 16.8 Å². The van der Waals surface area contributed by atoms with Gasteiger partial charge in [0.25, 0.3) is 0 Å². The summed E-state index contributed by atoms with van der Waals surface area (Å²) in [6.45, 7) is 3.62. The lowest BCUT2D eigenvalue weighted by atomic mass is 9.81. The first kappa shape index (κ1) is 22.3. The predicted octanol–water partition coefficient (Wildman–Crippen LogP) is 6.49. The topological polar surface area (TPSA) is 41.8 Å². The molecule has 1 fully saturated rings. The van der Waals surface area contributed by atoms with E-state index in [0.717, 1.165) is 48.8 Å². The summed E-state index contributed by atoms with van der Waals surface area (Å²) in [6, 6.07) is 10.1. The van der Waals surface area contributed by atoms with Crippen molar-refractivity contribution in [2.24, 2.45) is 5.16 Å². The van der Waals surface area contributed by atoms with Gasteiger partial charge in [-0.3, -0.25) is 0 Å². The van der Waals surface area contributed by atoms with Crippen LogP contribution >= 0.6 is 0 Å². The molecule has 0 spiro atoms. The molecule has 1 aliphatic rings. The maximum Gasteiger partial charge on any atom is 0.416 e. The highest BCUT2D eigenvalue weighted by molar-refractivity contribution is 5.98. The zero-order valence-electron chi connectivity index (χ0n) is 17.4. The number of alkyl halides is 3. The molecular formula is C24H28F3NO2. The van der Waals surface area contributed by atoms with Crippen LogP contribution in [0.2, 0.25) is 0 Å². The van der Waals surface area contributed by atoms with Gasteiger partial charge in [-0.15, -0.1) is 0 Å². The van der Waals surface area contributed by atoms with Crippen molar-refractivity contribution >= 4 is 5.71 Å². The highest BCUT2D eigenvalue weighted by Gasteiger charge is 2.35. The van der Waals surface area contributed by atoms with Gasteiger partial charge in [-0.05, 0) is 72.6 Å². The second-order valence-electron chi connectivity index (χ2n) is 8.00. The van der Waals surface area contributed by atoms with E-state index in [1.54, 1.807) is 19.1 Å². The molecule has 0 amide bonds. The Bertz CT molecular complexity index is 900. The quantitative estimate of drug-likeness (QED) is 0.429. The van der Waals surface area contributed by atoms with Crippen LogP contribution in [0.3, 0.4) is 0 Å². The molecule has 0 aromatic heterocycles. The van der Waals surface area contributed by atoms with Crippen molar-refractivity contribution in [2.75, 3.05) is 0 Å². The average Bonchev–Trinajstić information content (AvgIpc) is 2.73. The van der Waals surface area contributed by atoms with Gasteiger partial charge in [0, 0.05) is 0 Å². The lowest BCUT2D eigenvalue weighted by molar-refractivity contribution is -0.138. The third-order valence-corrected chi connectivity index (χ3v) is 5.83. The van der Waals surface area contributed by atoms with E-state index in [2.05, 4.69) is 5.16 Å². The largest absolute Gasteiger partial charge is 0.416 e. The van der Waals surface area contributed by atoms with E-state index >= 15 is 0 Å². The molecule has 0 heterocycles. The fourth-order valence-electron chi connectivity index (χ4n) is 4.06. The van der Waals surface area contributed by atoms with Crippen LogP contribution < -0.4 is 0 Å². The lowest BCUT2D eigenvalue weighted by Gasteiger charge is -2.25. The minimum Gasteiger partial charge on any atom is -0.392 e. The number of oxime groups is 1. The van der Waals surface area contributed by atoms with Crippen LogP contribution in [0.4, 0.5) is 13.2 Å². The highest BCUT2D eigenvalue weighted by atomic mass is 19.4. The van der Waals surface area contributed by atoms with Crippen LogP contribution in [0.15, 0.2) is 41.6 Å². The molecule has 1 aliphatic carbocycles. The number of aryl methyl sites for hydroxylation is 1. The number of halogens is 3. The van der Waals surface area contributed by atoms with E-state index in [9.17, 15) is 18.3 Å². The van der Waals surface area contributed by atoms with Gasteiger partial charge in [0.15, 0.2) is 0 Å². The van der Waals surface area contributed by atoms with Crippen LogP contribution in [0.1, 0.15) is 78.3 Å². The second-order valence-corrected chi connectivity index (χ2v) is 8.00. The summed E-state index contributed by atoms with van der Waals surface area (Å²) in [5.74, 6) is -0.0178. The summed E-state index contributed by atoms with van der Waals surface area (Å²) in [6.07, 6.45) is 0.324. The number of aliphatic hydroxyl groups is 1. The first-order chi connectivity index (χ1) is 14.3. The first-order valence-corrected chi connectivity index (χ1v) is 10.4. The van der Waals surface area contributed by atoms with Gasteiger partial charge in [0.05, 0.1) is 17.9 Å². The molecular weight excluding hydrogens is 391 g/mol. The van der Waals surface area contributed by atoms with Gasteiger partial charge in [0.1, 0.15) is 6.61 Å². The van der Waals surface area contributed by atoms with Crippen molar-refractivity contribution in [3.05, 3.63) is 69.8 Å². The summed E-state index contributed by atoms with van der Waals surface area (Å²) in [4.78, 5) is 5.36. The highest BCUT2D eigenvalue weighted by Crippen LogP contribution is 2.41. The number of hydrogen-bond donors (Lipinski definition) is 1. The molecule has 0 bridgehead atoms. The number of hydrogen-bond acceptors (Lipinski definition) is 3. The maximum absolute atomic E-state index is 13.7. The Labute approximate surface area is 175 Å². The smallest absolute Gasteiger partial charge is 0.392 e. The predicted molar refractivity (Wildman–Crippen MR) is 111 cm³/mol. The molecule has 0 atom stereocenters. The molecule has 3 nitrogen and oxygen atoms in total. The van der Waals surface area contributed by atoms with Gasteiger partial charge in [-0.25, -0.2) is 0 Å². The fourth-order valence-corrected chi connectivity index (χ4v) is 4.06. The van der Waals surface area contributed by atoms with Crippen LogP contribution in [0.5, 0.6) is 0 Å². The first-order valence-electron chi connectivity index (χ1n) is 10.4. The third-order valence-electron chi connectivity index (χ3n) is 5.83. The van der Waals surface area contributed by atoms with Crippen molar-refractivity contribution in [3.8, 4) is 0 Å².